The number of methoxy groups -OCH3 is 1. The van der Waals surface area contributed by atoms with Gasteiger partial charge in [-0.1, -0.05) is 0 Å². The third kappa shape index (κ3) is 4.21. The molecular formula is C19H24N4O4. The molecule has 8 nitrogen and oxygen atoms in total. The Morgan fingerprint density at radius 1 is 1.26 bits per heavy atom. The average molecular weight is 372 g/mol. The zero-order valence-electron chi connectivity index (χ0n) is 16.0. The Labute approximate surface area is 157 Å². The molecule has 0 radical (unpaired) electrons. The van der Waals surface area contributed by atoms with E-state index in [1.165, 1.54) is 4.68 Å². The van der Waals surface area contributed by atoms with Crippen LogP contribution in [0.25, 0.3) is 0 Å². The molecule has 27 heavy (non-hydrogen) atoms. The summed E-state index contributed by atoms with van der Waals surface area (Å²) in [4.78, 5) is 26.1. The van der Waals surface area contributed by atoms with Crippen LogP contribution >= 0.6 is 0 Å². The molecule has 1 aromatic heterocycles. The zero-order valence-corrected chi connectivity index (χ0v) is 16.0. The van der Waals surface area contributed by atoms with Crippen molar-refractivity contribution >= 4 is 11.7 Å². The number of urea groups is 1. The van der Waals surface area contributed by atoms with E-state index in [0.717, 1.165) is 11.3 Å². The van der Waals surface area contributed by atoms with Gasteiger partial charge in [-0.3, -0.25) is 4.79 Å². The van der Waals surface area contributed by atoms with Crippen molar-refractivity contribution in [3.63, 3.8) is 0 Å². The second kappa shape index (κ2) is 7.69. The molecule has 3 rings (SSSR count). The number of ether oxygens (including phenoxy) is 2. The first-order valence-corrected chi connectivity index (χ1v) is 8.84. The van der Waals surface area contributed by atoms with Gasteiger partial charge in [0.1, 0.15) is 0 Å². The lowest BCUT2D eigenvalue weighted by atomic mass is 10.1. The normalized spacial score (nSPS) is 13.3. The first-order chi connectivity index (χ1) is 12.9. The SMILES string of the molecule is COc1ccc(NC(=O)N2CCc3nn(C)c(=O)cc3C2)cc1OC(C)C. The zero-order chi connectivity index (χ0) is 19.6. The van der Waals surface area contributed by atoms with Gasteiger partial charge < -0.3 is 19.7 Å². The largest absolute Gasteiger partial charge is 0.493 e. The molecule has 2 amide bonds. The number of carbonyl (C=O) groups is 1. The Hall–Kier alpha value is -3.03. The third-order valence-electron chi connectivity index (χ3n) is 4.30. The van der Waals surface area contributed by atoms with Crippen LogP contribution in [-0.2, 0) is 20.0 Å². The van der Waals surface area contributed by atoms with Crippen molar-refractivity contribution in [3.05, 3.63) is 45.9 Å². The molecule has 1 aliphatic heterocycles. The fourth-order valence-electron chi connectivity index (χ4n) is 2.97. The first-order valence-electron chi connectivity index (χ1n) is 8.84. The van der Waals surface area contributed by atoms with Gasteiger partial charge in [0, 0.05) is 49.9 Å². The number of amides is 2. The molecular weight excluding hydrogens is 348 g/mol. The molecule has 0 unspecified atom stereocenters. The summed E-state index contributed by atoms with van der Waals surface area (Å²) in [5.74, 6) is 1.18. The van der Waals surface area contributed by atoms with Crippen molar-refractivity contribution in [2.45, 2.75) is 32.9 Å². The smallest absolute Gasteiger partial charge is 0.322 e. The molecule has 0 atom stereocenters. The quantitative estimate of drug-likeness (QED) is 0.889. The Morgan fingerprint density at radius 2 is 2.04 bits per heavy atom. The van der Waals surface area contributed by atoms with Gasteiger partial charge in [-0.15, -0.1) is 0 Å². The Balaban J connectivity index is 1.74. The summed E-state index contributed by atoms with van der Waals surface area (Å²) in [7, 11) is 3.20. The highest BCUT2D eigenvalue weighted by atomic mass is 16.5. The highest BCUT2D eigenvalue weighted by Gasteiger charge is 2.23. The Morgan fingerprint density at radius 3 is 2.74 bits per heavy atom. The number of anilines is 1. The van der Waals surface area contributed by atoms with E-state index in [4.69, 9.17) is 9.47 Å². The van der Waals surface area contributed by atoms with Crippen LogP contribution in [0.15, 0.2) is 29.1 Å². The predicted molar refractivity (Wildman–Crippen MR) is 101 cm³/mol. The van der Waals surface area contributed by atoms with E-state index in [2.05, 4.69) is 10.4 Å². The molecule has 0 saturated carbocycles. The molecule has 0 spiro atoms. The molecule has 0 aliphatic carbocycles. The maximum absolute atomic E-state index is 12.7. The first kappa shape index (κ1) is 18.8. The molecule has 8 heteroatoms. The van der Waals surface area contributed by atoms with Crippen molar-refractivity contribution < 1.29 is 14.3 Å². The number of nitrogens with zero attached hydrogens (tertiary/aromatic N) is 3. The van der Waals surface area contributed by atoms with Crippen molar-refractivity contribution in [3.8, 4) is 11.5 Å². The van der Waals surface area contributed by atoms with Crippen LogP contribution < -0.4 is 20.3 Å². The molecule has 2 heterocycles. The predicted octanol–water partition coefficient (Wildman–Crippen LogP) is 2.17. The number of fused-ring (bicyclic) bond motifs is 1. The molecule has 1 N–H and O–H groups in total. The summed E-state index contributed by atoms with van der Waals surface area (Å²) in [6.07, 6.45) is 0.597. The van der Waals surface area contributed by atoms with Gasteiger partial charge in [-0.2, -0.15) is 5.10 Å². The van der Waals surface area contributed by atoms with Crippen LogP contribution in [0.1, 0.15) is 25.1 Å². The summed E-state index contributed by atoms with van der Waals surface area (Å²) in [6.45, 7) is 4.74. The van der Waals surface area contributed by atoms with Crippen LogP contribution in [0.2, 0.25) is 0 Å². The van der Waals surface area contributed by atoms with Gasteiger partial charge in [0.15, 0.2) is 11.5 Å². The lowest BCUT2D eigenvalue weighted by Gasteiger charge is -2.28. The van der Waals surface area contributed by atoms with Gasteiger partial charge in [-0.05, 0) is 26.0 Å². The second-order valence-electron chi connectivity index (χ2n) is 6.71. The van der Waals surface area contributed by atoms with Crippen LogP contribution in [-0.4, -0.2) is 40.5 Å². The second-order valence-corrected chi connectivity index (χ2v) is 6.71. The standard InChI is InChI=1S/C19H24N4O4/c1-12(2)27-17-10-14(5-6-16(17)26-4)20-19(25)23-8-7-15-13(11-23)9-18(24)22(3)21-15/h5-6,9-10,12H,7-8,11H2,1-4H3,(H,20,25). The van der Waals surface area contributed by atoms with Crippen LogP contribution in [0, 0.1) is 0 Å². The lowest BCUT2D eigenvalue weighted by molar-refractivity contribution is 0.205. The third-order valence-corrected chi connectivity index (χ3v) is 4.30. The van der Waals surface area contributed by atoms with Crippen molar-refractivity contribution in [2.75, 3.05) is 19.0 Å². The Bertz CT molecular complexity index is 907. The van der Waals surface area contributed by atoms with E-state index in [0.29, 0.717) is 36.7 Å². The minimum atomic E-state index is -0.234. The number of rotatable bonds is 4. The van der Waals surface area contributed by atoms with Gasteiger partial charge in [0.25, 0.3) is 5.56 Å². The van der Waals surface area contributed by atoms with Crippen molar-refractivity contribution in [1.29, 1.82) is 0 Å². The fourth-order valence-corrected chi connectivity index (χ4v) is 2.97. The summed E-state index contributed by atoms with van der Waals surface area (Å²) >= 11 is 0. The molecule has 2 aromatic rings. The molecule has 0 fully saturated rings. The minimum absolute atomic E-state index is 0.0152. The van der Waals surface area contributed by atoms with Crippen molar-refractivity contribution in [1.82, 2.24) is 14.7 Å². The fraction of sp³-hybridized carbons (Fsp3) is 0.421. The number of benzene rings is 1. The summed E-state index contributed by atoms with van der Waals surface area (Å²) < 4.78 is 12.4. The molecule has 1 aromatic carbocycles. The van der Waals surface area contributed by atoms with E-state index in [1.54, 1.807) is 43.3 Å². The van der Waals surface area contributed by atoms with Crippen LogP contribution in [0.4, 0.5) is 10.5 Å². The number of aryl methyl sites for hydroxylation is 1. The number of carbonyl (C=O) groups excluding carboxylic acids is 1. The molecule has 144 valence electrons. The molecule has 0 bridgehead atoms. The monoisotopic (exact) mass is 372 g/mol. The van der Waals surface area contributed by atoms with Crippen LogP contribution in [0.3, 0.4) is 0 Å². The van der Waals surface area contributed by atoms with Crippen molar-refractivity contribution in [2.24, 2.45) is 7.05 Å². The number of hydrogen-bond acceptors (Lipinski definition) is 5. The van der Waals surface area contributed by atoms with Gasteiger partial charge >= 0.3 is 6.03 Å². The summed E-state index contributed by atoms with van der Waals surface area (Å²) in [6, 6.07) is 6.57. The van der Waals surface area contributed by atoms with Gasteiger partial charge in [0.05, 0.1) is 18.9 Å². The molecule has 1 aliphatic rings. The summed E-state index contributed by atoms with van der Waals surface area (Å²) in [5.41, 5.74) is 2.09. The number of hydrogen-bond donors (Lipinski definition) is 1. The average Bonchev–Trinajstić information content (AvgIpc) is 2.62. The topological polar surface area (TPSA) is 85.7 Å². The van der Waals surface area contributed by atoms with E-state index >= 15 is 0 Å². The van der Waals surface area contributed by atoms with E-state index in [1.807, 2.05) is 13.8 Å². The summed E-state index contributed by atoms with van der Waals surface area (Å²) in [5, 5.41) is 7.15. The van der Waals surface area contributed by atoms with E-state index in [-0.39, 0.29) is 17.7 Å². The number of nitrogens with one attached hydrogen (secondary N) is 1. The maximum atomic E-state index is 12.7. The highest BCUT2D eigenvalue weighted by molar-refractivity contribution is 5.89. The number of aromatic nitrogens is 2. The molecule has 0 saturated heterocycles. The Kier molecular flexibility index (Phi) is 5.34. The minimum Gasteiger partial charge on any atom is -0.493 e. The van der Waals surface area contributed by atoms with Crippen LogP contribution in [0.5, 0.6) is 11.5 Å². The van der Waals surface area contributed by atoms with E-state index < -0.39 is 0 Å². The van der Waals surface area contributed by atoms with Gasteiger partial charge in [0.2, 0.25) is 0 Å². The lowest BCUT2D eigenvalue weighted by Crippen LogP contribution is -2.40. The maximum Gasteiger partial charge on any atom is 0.322 e. The highest BCUT2D eigenvalue weighted by Crippen LogP contribution is 2.31. The van der Waals surface area contributed by atoms with Gasteiger partial charge in [-0.25, -0.2) is 9.48 Å². The van der Waals surface area contributed by atoms with E-state index in [9.17, 15) is 9.59 Å².